The van der Waals surface area contributed by atoms with Crippen molar-refractivity contribution in [1.82, 2.24) is 5.32 Å². The molecule has 1 rings (SSSR count). The van der Waals surface area contributed by atoms with Crippen LogP contribution < -0.4 is 11.1 Å². The molecule has 14 heavy (non-hydrogen) atoms. The van der Waals surface area contributed by atoms with Crippen LogP contribution in [0.25, 0.3) is 0 Å². The molecule has 0 aromatic carbocycles. The third kappa shape index (κ3) is 2.96. The van der Waals surface area contributed by atoms with Crippen molar-refractivity contribution in [2.24, 2.45) is 11.7 Å². The molecule has 0 aromatic rings. The first-order chi connectivity index (χ1) is 6.65. The van der Waals surface area contributed by atoms with Gasteiger partial charge in [0, 0.05) is 12.5 Å². The fraction of sp³-hybridized carbons (Fsp3) is 0.900. The van der Waals surface area contributed by atoms with Gasteiger partial charge in [0.1, 0.15) is 0 Å². The van der Waals surface area contributed by atoms with E-state index >= 15 is 0 Å². The summed E-state index contributed by atoms with van der Waals surface area (Å²) in [6.45, 7) is 2.15. The van der Waals surface area contributed by atoms with Crippen LogP contribution in [-0.4, -0.2) is 29.7 Å². The predicted octanol–water partition coefficient (Wildman–Crippen LogP) is 0.000900. The monoisotopic (exact) mass is 200 g/mol. The molecule has 3 atom stereocenters. The highest BCUT2D eigenvalue weighted by Gasteiger charge is 2.25. The van der Waals surface area contributed by atoms with Gasteiger partial charge in [0.05, 0.1) is 12.1 Å². The molecule has 0 saturated heterocycles. The van der Waals surface area contributed by atoms with E-state index in [2.05, 4.69) is 5.32 Å². The molecular formula is C10H20N2O2. The summed E-state index contributed by atoms with van der Waals surface area (Å²) < 4.78 is 0. The summed E-state index contributed by atoms with van der Waals surface area (Å²) in [4.78, 5) is 11.5. The van der Waals surface area contributed by atoms with Gasteiger partial charge in [0.25, 0.3) is 0 Å². The summed E-state index contributed by atoms with van der Waals surface area (Å²) in [6.07, 6.45) is 3.43. The van der Waals surface area contributed by atoms with Crippen molar-refractivity contribution in [2.75, 3.05) is 6.54 Å². The van der Waals surface area contributed by atoms with Gasteiger partial charge < -0.3 is 16.2 Å². The predicted molar refractivity (Wildman–Crippen MR) is 54.6 cm³/mol. The molecule has 4 heteroatoms. The van der Waals surface area contributed by atoms with Gasteiger partial charge in [-0.1, -0.05) is 19.8 Å². The van der Waals surface area contributed by atoms with Gasteiger partial charge in [0.15, 0.2) is 0 Å². The lowest BCUT2D eigenvalue weighted by Gasteiger charge is -2.29. The average molecular weight is 200 g/mol. The Morgan fingerprint density at radius 1 is 1.57 bits per heavy atom. The van der Waals surface area contributed by atoms with E-state index in [1.807, 2.05) is 0 Å². The first-order valence-corrected chi connectivity index (χ1v) is 5.33. The molecule has 0 heterocycles. The lowest BCUT2D eigenvalue weighted by molar-refractivity contribution is -0.126. The smallest absolute Gasteiger partial charge is 0.224 e. The normalized spacial score (nSPS) is 29.6. The number of hydrogen-bond acceptors (Lipinski definition) is 3. The molecule has 4 N–H and O–H groups in total. The van der Waals surface area contributed by atoms with Gasteiger partial charge in [-0.25, -0.2) is 0 Å². The van der Waals surface area contributed by atoms with Gasteiger partial charge >= 0.3 is 0 Å². The third-order valence-corrected chi connectivity index (χ3v) is 2.86. The number of amides is 1. The molecule has 0 spiro atoms. The van der Waals surface area contributed by atoms with Crippen LogP contribution in [0, 0.1) is 5.92 Å². The van der Waals surface area contributed by atoms with Crippen LogP contribution in [-0.2, 0) is 4.79 Å². The summed E-state index contributed by atoms with van der Waals surface area (Å²) in [5.74, 6) is -0.206. The van der Waals surface area contributed by atoms with Crippen molar-refractivity contribution in [1.29, 1.82) is 0 Å². The Bertz CT molecular complexity index is 197. The highest BCUT2D eigenvalue weighted by atomic mass is 16.3. The van der Waals surface area contributed by atoms with Gasteiger partial charge in [-0.2, -0.15) is 0 Å². The second-order valence-electron chi connectivity index (χ2n) is 4.10. The van der Waals surface area contributed by atoms with Crippen molar-refractivity contribution in [3.63, 3.8) is 0 Å². The average Bonchev–Trinajstić information content (AvgIpc) is 2.20. The van der Waals surface area contributed by atoms with E-state index in [4.69, 9.17) is 5.73 Å². The minimum Gasteiger partial charge on any atom is -0.391 e. The zero-order chi connectivity index (χ0) is 10.6. The minimum atomic E-state index is -0.377. The Morgan fingerprint density at radius 3 is 2.79 bits per heavy atom. The summed E-state index contributed by atoms with van der Waals surface area (Å²) in [6, 6.07) is -0.0646. The van der Waals surface area contributed by atoms with Gasteiger partial charge in [0.2, 0.25) is 5.91 Å². The Hall–Kier alpha value is -0.610. The van der Waals surface area contributed by atoms with Crippen LogP contribution in [0.2, 0.25) is 0 Å². The van der Waals surface area contributed by atoms with E-state index < -0.39 is 0 Å². The number of hydrogen-bond donors (Lipinski definition) is 3. The van der Waals surface area contributed by atoms with Crippen LogP contribution in [0.1, 0.15) is 32.6 Å². The fourth-order valence-corrected chi connectivity index (χ4v) is 1.71. The molecule has 1 aliphatic carbocycles. The third-order valence-electron chi connectivity index (χ3n) is 2.86. The molecule has 1 aliphatic rings. The molecule has 1 amide bonds. The molecule has 0 bridgehead atoms. The Kier molecular flexibility index (Phi) is 4.35. The van der Waals surface area contributed by atoms with Crippen LogP contribution in [0.4, 0.5) is 0 Å². The summed E-state index contributed by atoms with van der Waals surface area (Å²) in [5.41, 5.74) is 5.39. The quantitative estimate of drug-likeness (QED) is 0.600. The molecule has 0 aromatic heterocycles. The molecule has 0 radical (unpaired) electrons. The molecule has 0 aliphatic heterocycles. The largest absolute Gasteiger partial charge is 0.391 e. The fourth-order valence-electron chi connectivity index (χ4n) is 1.71. The second-order valence-corrected chi connectivity index (χ2v) is 4.10. The molecule has 82 valence electrons. The lowest BCUT2D eigenvalue weighted by atomic mass is 9.92. The number of nitrogens with one attached hydrogen (secondary N) is 1. The number of aliphatic hydroxyl groups is 1. The Labute approximate surface area is 84.9 Å². The Balaban J connectivity index is 2.38. The number of carbonyl (C=O) groups excluding carboxylic acids is 1. The summed E-state index contributed by atoms with van der Waals surface area (Å²) in [5, 5.41) is 12.5. The van der Waals surface area contributed by atoms with E-state index in [0.29, 0.717) is 6.54 Å². The molecular weight excluding hydrogens is 180 g/mol. The molecule has 1 saturated carbocycles. The zero-order valence-corrected chi connectivity index (χ0v) is 8.70. The van der Waals surface area contributed by atoms with Crippen molar-refractivity contribution in [3.05, 3.63) is 0 Å². The molecule has 1 fully saturated rings. The first-order valence-electron chi connectivity index (χ1n) is 5.33. The van der Waals surface area contributed by atoms with E-state index in [1.165, 1.54) is 0 Å². The van der Waals surface area contributed by atoms with E-state index in [9.17, 15) is 9.90 Å². The minimum absolute atomic E-state index is 0.0431. The second kappa shape index (κ2) is 5.32. The maximum Gasteiger partial charge on any atom is 0.224 e. The van der Waals surface area contributed by atoms with Gasteiger partial charge in [-0.15, -0.1) is 0 Å². The van der Waals surface area contributed by atoms with Crippen LogP contribution in [0.15, 0.2) is 0 Å². The number of aliphatic hydroxyl groups excluding tert-OH is 1. The van der Waals surface area contributed by atoms with Gasteiger partial charge in [-0.3, -0.25) is 4.79 Å². The van der Waals surface area contributed by atoms with Crippen molar-refractivity contribution < 1.29 is 9.90 Å². The van der Waals surface area contributed by atoms with Crippen molar-refractivity contribution in [3.8, 4) is 0 Å². The summed E-state index contributed by atoms with van der Waals surface area (Å²) >= 11 is 0. The first kappa shape index (κ1) is 11.5. The van der Waals surface area contributed by atoms with Crippen LogP contribution >= 0.6 is 0 Å². The van der Waals surface area contributed by atoms with Crippen molar-refractivity contribution >= 4 is 5.91 Å². The maximum atomic E-state index is 11.5. The number of carbonyl (C=O) groups is 1. The van der Waals surface area contributed by atoms with E-state index in [0.717, 1.165) is 25.7 Å². The lowest BCUT2D eigenvalue weighted by Crippen LogP contribution is -2.47. The standard InChI is InChI=1S/C10H20N2O2/c1-7(6-11)10(14)12-8-4-2-3-5-9(8)13/h7-9,13H,2-6,11H2,1H3,(H,12,14)/t7?,8-,9-/m1/s1. The topological polar surface area (TPSA) is 75.4 Å². The SMILES string of the molecule is CC(CN)C(=O)N[C@@H]1CCCC[C@H]1O. The maximum absolute atomic E-state index is 11.5. The Morgan fingerprint density at radius 2 is 2.21 bits per heavy atom. The molecule has 4 nitrogen and oxygen atoms in total. The highest BCUT2D eigenvalue weighted by molar-refractivity contribution is 5.78. The highest BCUT2D eigenvalue weighted by Crippen LogP contribution is 2.18. The molecule has 1 unspecified atom stereocenters. The zero-order valence-electron chi connectivity index (χ0n) is 8.70. The summed E-state index contributed by atoms with van der Waals surface area (Å²) in [7, 11) is 0. The van der Waals surface area contributed by atoms with Crippen molar-refractivity contribution in [2.45, 2.75) is 44.8 Å². The van der Waals surface area contributed by atoms with Crippen LogP contribution in [0.5, 0.6) is 0 Å². The van der Waals surface area contributed by atoms with Gasteiger partial charge in [-0.05, 0) is 12.8 Å². The number of nitrogens with two attached hydrogens (primary N) is 1. The van der Waals surface area contributed by atoms with Crippen LogP contribution in [0.3, 0.4) is 0 Å². The van der Waals surface area contributed by atoms with E-state index in [1.54, 1.807) is 6.92 Å². The number of rotatable bonds is 3. The van der Waals surface area contributed by atoms with E-state index in [-0.39, 0.29) is 24.0 Å².